The molecule has 40 heavy (non-hydrogen) atoms. The molecule has 0 N–H and O–H groups in total. The molecule has 0 unspecified atom stereocenters. The van der Waals surface area contributed by atoms with E-state index >= 15 is 0 Å². The minimum atomic E-state index is 0.145. The van der Waals surface area contributed by atoms with E-state index in [0.29, 0.717) is 39.0 Å². The Morgan fingerprint density at radius 3 is 1.75 bits per heavy atom. The van der Waals surface area contributed by atoms with Gasteiger partial charge in [-0.25, -0.2) is 4.98 Å². The van der Waals surface area contributed by atoms with E-state index in [1.54, 1.807) is 0 Å². The molecule has 0 saturated heterocycles. The van der Waals surface area contributed by atoms with E-state index in [2.05, 4.69) is 57.8 Å². The first-order chi connectivity index (χ1) is 19.7. The van der Waals surface area contributed by atoms with Crippen molar-refractivity contribution < 1.29 is 4.79 Å². The van der Waals surface area contributed by atoms with Gasteiger partial charge in [0.05, 0.1) is 0 Å². The molecule has 0 aliphatic heterocycles. The van der Waals surface area contributed by atoms with Gasteiger partial charge in [0.25, 0.3) is 0 Å². The average molecular weight is 547 g/mol. The largest absolute Gasteiger partial charge is 0.342 e. The maximum Gasteiger partial charge on any atom is 0.224 e. The van der Waals surface area contributed by atoms with Crippen molar-refractivity contribution in [3.8, 4) is 0 Å². The second kappa shape index (κ2) is 14.2. The normalized spacial score (nSPS) is 10.8. The molecule has 0 aliphatic rings. The summed E-state index contributed by atoms with van der Waals surface area (Å²) in [4.78, 5) is 22.7. The van der Waals surface area contributed by atoms with Crippen LogP contribution in [-0.4, -0.2) is 33.3 Å². The SMILES string of the molecule is O=C(CCN(Cc1ccccc1)c1nc(Cc2ccccc2)ns1)N(CCc1ccccc1)Cc1ccccc1. The number of amides is 1. The maximum atomic E-state index is 13.7. The Hall–Kier alpha value is -4.29. The van der Waals surface area contributed by atoms with Crippen LogP contribution in [0.15, 0.2) is 121 Å². The molecule has 1 aromatic heterocycles. The molecular weight excluding hydrogens is 512 g/mol. The van der Waals surface area contributed by atoms with E-state index in [1.807, 2.05) is 77.7 Å². The Labute approximate surface area is 240 Å². The van der Waals surface area contributed by atoms with E-state index in [-0.39, 0.29) is 5.91 Å². The molecule has 0 aliphatic carbocycles. The lowest BCUT2D eigenvalue weighted by molar-refractivity contribution is -0.131. The van der Waals surface area contributed by atoms with Crippen LogP contribution in [-0.2, 0) is 30.7 Å². The van der Waals surface area contributed by atoms with Crippen molar-refractivity contribution in [2.24, 2.45) is 0 Å². The van der Waals surface area contributed by atoms with Crippen LogP contribution in [0.1, 0.15) is 34.5 Å². The first kappa shape index (κ1) is 27.3. The minimum Gasteiger partial charge on any atom is -0.342 e. The lowest BCUT2D eigenvalue weighted by Gasteiger charge is -2.26. The van der Waals surface area contributed by atoms with E-state index in [1.165, 1.54) is 28.2 Å². The van der Waals surface area contributed by atoms with Crippen molar-refractivity contribution in [1.29, 1.82) is 0 Å². The van der Waals surface area contributed by atoms with E-state index < -0.39 is 0 Å². The molecule has 202 valence electrons. The third-order valence-corrected chi connectivity index (χ3v) is 7.64. The summed E-state index contributed by atoms with van der Waals surface area (Å²) in [5, 5.41) is 0.849. The number of carbonyl (C=O) groups excluding carboxylic acids is 1. The van der Waals surface area contributed by atoms with Gasteiger partial charge < -0.3 is 9.80 Å². The van der Waals surface area contributed by atoms with Gasteiger partial charge in [-0.3, -0.25) is 4.79 Å². The third-order valence-electron chi connectivity index (χ3n) is 6.83. The van der Waals surface area contributed by atoms with Crippen LogP contribution in [0.3, 0.4) is 0 Å². The van der Waals surface area contributed by atoms with Crippen molar-refractivity contribution in [2.45, 2.75) is 32.4 Å². The predicted octanol–water partition coefficient (Wildman–Crippen LogP) is 6.80. The maximum absolute atomic E-state index is 13.7. The number of anilines is 1. The van der Waals surface area contributed by atoms with Crippen LogP contribution in [0, 0.1) is 0 Å². The second-order valence-electron chi connectivity index (χ2n) is 9.85. The highest BCUT2D eigenvalue weighted by Crippen LogP contribution is 2.22. The summed E-state index contributed by atoms with van der Waals surface area (Å²) in [5.41, 5.74) is 4.74. The highest BCUT2D eigenvalue weighted by Gasteiger charge is 2.19. The Morgan fingerprint density at radius 2 is 1.15 bits per heavy atom. The Morgan fingerprint density at radius 1 is 0.625 bits per heavy atom. The van der Waals surface area contributed by atoms with Gasteiger partial charge in [0, 0.05) is 50.6 Å². The number of carbonyl (C=O) groups is 1. The molecule has 6 heteroatoms. The van der Waals surface area contributed by atoms with Gasteiger partial charge in [-0.2, -0.15) is 4.37 Å². The summed E-state index contributed by atoms with van der Waals surface area (Å²) in [7, 11) is 0. The van der Waals surface area contributed by atoms with Crippen LogP contribution in [0.2, 0.25) is 0 Å². The summed E-state index contributed by atoms with van der Waals surface area (Å²) >= 11 is 1.41. The van der Waals surface area contributed by atoms with Crippen molar-refractivity contribution >= 4 is 22.6 Å². The predicted molar refractivity (Wildman–Crippen MR) is 163 cm³/mol. The van der Waals surface area contributed by atoms with Crippen molar-refractivity contribution in [3.05, 3.63) is 149 Å². The molecule has 0 spiro atoms. The van der Waals surface area contributed by atoms with Gasteiger partial charge >= 0.3 is 0 Å². The molecule has 5 aromatic rings. The van der Waals surface area contributed by atoms with Gasteiger partial charge in [-0.1, -0.05) is 121 Å². The first-order valence-electron chi connectivity index (χ1n) is 13.7. The molecule has 5 nitrogen and oxygen atoms in total. The second-order valence-corrected chi connectivity index (χ2v) is 10.6. The molecule has 4 aromatic carbocycles. The van der Waals surface area contributed by atoms with Crippen LogP contribution in [0.5, 0.6) is 0 Å². The summed E-state index contributed by atoms with van der Waals surface area (Å²) in [6.07, 6.45) is 1.92. The lowest BCUT2D eigenvalue weighted by atomic mass is 10.1. The fourth-order valence-electron chi connectivity index (χ4n) is 4.66. The number of hydrogen-bond donors (Lipinski definition) is 0. The molecule has 1 amide bonds. The highest BCUT2D eigenvalue weighted by molar-refractivity contribution is 7.09. The van der Waals surface area contributed by atoms with E-state index in [0.717, 1.165) is 22.9 Å². The van der Waals surface area contributed by atoms with Gasteiger partial charge in [0.1, 0.15) is 5.82 Å². The Balaban J connectivity index is 1.29. The lowest BCUT2D eigenvalue weighted by Crippen LogP contribution is -2.35. The number of nitrogens with zero attached hydrogens (tertiary/aromatic N) is 4. The standard InChI is InChI=1S/C34H34N4OS/c39-33(37(26-30-17-9-3-10-18-30)23-21-28-13-5-1-6-14-28)22-24-38(27-31-19-11-4-12-20-31)34-35-32(36-40-34)25-29-15-7-2-8-16-29/h1-20H,21-27H2. The fraction of sp³-hybridized carbons (Fsp3) is 0.206. The van der Waals surface area contributed by atoms with Crippen molar-refractivity contribution in [3.63, 3.8) is 0 Å². The number of hydrogen-bond acceptors (Lipinski definition) is 5. The first-order valence-corrected chi connectivity index (χ1v) is 14.5. The zero-order valence-corrected chi connectivity index (χ0v) is 23.4. The van der Waals surface area contributed by atoms with Crippen molar-refractivity contribution in [2.75, 3.05) is 18.0 Å². The highest BCUT2D eigenvalue weighted by atomic mass is 32.1. The molecule has 0 atom stereocenters. The zero-order chi connectivity index (χ0) is 27.4. The topological polar surface area (TPSA) is 49.3 Å². The molecular formula is C34H34N4OS. The van der Waals surface area contributed by atoms with Gasteiger partial charge in [0.2, 0.25) is 11.0 Å². The van der Waals surface area contributed by atoms with Gasteiger partial charge in [-0.15, -0.1) is 0 Å². The Bertz CT molecular complexity index is 1440. The number of aromatic nitrogens is 2. The van der Waals surface area contributed by atoms with Crippen LogP contribution < -0.4 is 4.90 Å². The molecule has 5 rings (SSSR count). The minimum absolute atomic E-state index is 0.145. The summed E-state index contributed by atoms with van der Waals surface area (Å²) < 4.78 is 4.65. The number of benzene rings is 4. The molecule has 1 heterocycles. The van der Waals surface area contributed by atoms with Crippen molar-refractivity contribution in [1.82, 2.24) is 14.3 Å². The smallest absolute Gasteiger partial charge is 0.224 e. The van der Waals surface area contributed by atoms with Crippen LogP contribution >= 0.6 is 11.5 Å². The summed E-state index contributed by atoms with van der Waals surface area (Å²) in [6, 6.07) is 41.2. The number of rotatable bonds is 13. The summed E-state index contributed by atoms with van der Waals surface area (Å²) in [6.45, 7) is 2.53. The van der Waals surface area contributed by atoms with Gasteiger partial charge in [0.15, 0.2) is 0 Å². The van der Waals surface area contributed by atoms with E-state index in [4.69, 9.17) is 4.98 Å². The monoisotopic (exact) mass is 546 g/mol. The average Bonchev–Trinajstić information content (AvgIpc) is 3.47. The fourth-order valence-corrected chi connectivity index (χ4v) is 5.37. The molecule has 0 fully saturated rings. The quantitative estimate of drug-likeness (QED) is 0.163. The molecule has 0 saturated carbocycles. The van der Waals surface area contributed by atoms with Gasteiger partial charge in [-0.05, 0) is 28.7 Å². The summed E-state index contributed by atoms with van der Waals surface area (Å²) in [5.74, 6) is 0.955. The van der Waals surface area contributed by atoms with Crippen LogP contribution in [0.25, 0.3) is 0 Å². The Kier molecular flexibility index (Phi) is 9.68. The van der Waals surface area contributed by atoms with E-state index in [9.17, 15) is 4.79 Å². The van der Waals surface area contributed by atoms with Crippen LogP contribution in [0.4, 0.5) is 5.13 Å². The molecule has 0 bridgehead atoms. The molecule has 0 radical (unpaired) electrons. The third kappa shape index (κ3) is 8.10. The zero-order valence-electron chi connectivity index (χ0n) is 22.6.